The minimum Gasteiger partial charge on any atom is -0.341 e. The maximum atomic E-state index is 4.42. The predicted octanol–water partition coefficient (Wildman–Crippen LogP) is 3.09. The molecule has 0 spiro atoms. The van der Waals surface area contributed by atoms with Crippen LogP contribution in [-0.4, -0.2) is 16.0 Å². The number of benzene rings is 1. The zero-order valence-electron chi connectivity index (χ0n) is 9.41. The van der Waals surface area contributed by atoms with Crippen LogP contribution in [0.25, 0.3) is 11.4 Å². The van der Waals surface area contributed by atoms with E-state index < -0.39 is 0 Å². The quantitative estimate of drug-likeness (QED) is 0.909. The van der Waals surface area contributed by atoms with Gasteiger partial charge in [0.25, 0.3) is 0 Å². The Balaban J connectivity index is 1.77. The first-order valence-corrected chi connectivity index (χ1v) is 6.64. The lowest BCUT2D eigenvalue weighted by Gasteiger charge is -2.01. The molecule has 4 heteroatoms. The van der Waals surface area contributed by atoms with E-state index in [1.54, 1.807) is 0 Å². The van der Waals surface area contributed by atoms with Crippen LogP contribution in [0.2, 0.25) is 0 Å². The number of aromatic nitrogens is 2. The van der Waals surface area contributed by atoms with Crippen LogP contribution < -0.4 is 5.32 Å². The van der Waals surface area contributed by atoms with E-state index >= 15 is 0 Å². The summed E-state index contributed by atoms with van der Waals surface area (Å²) in [4.78, 5) is 7.77. The molecule has 2 N–H and O–H groups in total. The van der Waals surface area contributed by atoms with E-state index in [1.807, 2.05) is 24.4 Å². The van der Waals surface area contributed by atoms with E-state index in [2.05, 4.69) is 37.3 Å². The second-order valence-electron chi connectivity index (χ2n) is 4.39. The fourth-order valence-corrected chi connectivity index (χ4v) is 2.25. The molecule has 3 nitrogen and oxygen atoms in total. The summed E-state index contributed by atoms with van der Waals surface area (Å²) in [6, 6.07) is 8.84. The highest BCUT2D eigenvalue weighted by Gasteiger charge is 2.20. The predicted molar refractivity (Wildman–Crippen MR) is 71.6 cm³/mol. The van der Waals surface area contributed by atoms with E-state index in [9.17, 15) is 0 Å². The summed E-state index contributed by atoms with van der Waals surface area (Å²) in [5.74, 6) is 0.921. The van der Waals surface area contributed by atoms with Gasteiger partial charge in [-0.2, -0.15) is 0 Å². The summed E-state index contributed by atoms with van der Waals surface area (Å²) in [6.45, 7) is 0.877. The molecular weight excluding hydrogens is 278 g/mol. The molecule has 0 bridgehead atoms. The molecule has 0 radical (unpaired) electrons. The zero-order valence-corrected chi connectivity index (χ0v) is 11.0. The molecule has 17 heavy (non-hydrogen) atoms. The number of imidazole rings is 1. The van der Waals surface area contributed by atoms with Crippen molar-refractivity contribution in [1.29, 1.82) is 0 Å². The molecule has 0 atom stereocenters. The van der Waals surface area contributed by atoms with Crippen molar-refractivity contribution in [2.45, 2.75) is 25.4 Å². The van der Waals surface area contributed by atoms with Crippen LogP contribution in [0.1, 0.15) is 18.5 Å². The highest BCUT2D eigenvalue weighted by atomic mass is 79.9. The molecule has 1 aromatic heterocycles. The highest BCUT2D eigenvalue weighted by molar-refractivity contribution is 9.10. The third kappa shape index (κ3) is 2.58. The molecule has 0 amide bonds. The van der Waals surface area contributed by atoms with Gasteiger partial charge >= 0.3 is 0 Å². The van der Waals surface area contributed by atoms with Crippen LogP contribution in [-0.2, 0) is 6.54 Å². The molecule has 1 fully saturated rings. The van der Waals surface area contributed by atoms with Gasteiger partial charge in [0.1, 0.15) is 5.82 Å². The maximum Gasteiger partial charge on any atom is 0.138 e. The van der Waals surface area contributed by atoms with E-state index in [0.29, 0.717) is 0 Å². The molecule has 1 saturated carbocycles. The second kappa shape index (κ2) is 4.63. The lowest BCUT2D eigenvalue weighted by atomic mass is 10.2. The first-order chi connectivity index (χ1) is 8.33. The first-order valence-electron chi connectivity index (χ1n) is 5.85. The van der Waals surface area contributed by atoms with Gasteiger partial charge in [0.2, 0.25) is 0 Å². The number of nitrogens with zero attached hydrogens (tertiary/aromatic N) is 1. The van der Waals surface area contributed by atoms with E-state index in [4.69, 9.17) is 0 Å². The largest absolute Gasteiger partial charge is 0.341 e. The van der Waals surface area contributed by atoms with E-state index in [0.717, 1.165) is 34.1 Å². The Morgan fingerprint density at radius 1 is 1.35 bits per heavy atom. The smallest absolute Gasteiger partial charge is 0.138 e. The van der Waals surface area contributed by atoms with Gasteiger partial charge in [-0.3, -0.25) is 0 Å². The van der Waals surface area contributed by atoms with Gasteiger partial charge in [-0.25, -0.2) is 4.98 Å². The zero-order chi connectivity index (χ0) is 11.7. The fourth-order valence-electron chi connectivity index (χ4n) is 1.78. The van der Waals surface area contributed by atoms with Crippen molar-refractivity contribution in [2.24, 2.45) is 0 Å². The van der Waals surface area contributed by atoms with Gasteiger partial charge in [0.15, 0.2) is 0 Å². The van der Waals surface area contributed by atoms with Crippen LogP contribution in [0, 0.1) is 0 Å². The van der Waals surface area contributed by atoms with Crippen molar-refractivity contribution in [2.75, 3.05) is 0 Å². The van der Waals surface area contributed by atoms with Crippen molar-refractivity contribution in [3.05, 3.63) is 40.6 Å². The number of H-pyrrole nitrogens is 1. The van der Waals surface area contributed by atoms with Crippen LogP contribution in [0.15, 0.2) is 34.9 Å². The van der Waals surface area contributed by atoms with Crippen LogP contribution in [0.4, 0.5) is 0 Å². The third-order valence-electron chi connectivity index (χ3n) is 2.92. The molecule has 0 aliphatic heterocycles. The number of halogens is 1. The van der Waals surface area contributed by atoms with Gasteiger partial charge in [0.05, 0.1) is 0 Å². The standard InChI is InChI=1S/C13H14BrN3/c14-12-4-2-1-3-11(12)13-16-8-10(17-13)7-15-9-5-6-9/h1-4,8-9,15H,5-7H2,(H,16,17). The van der Waals surface area contributed by atoms with Gasteiger partial charge in [-0.1, -0.05) is 34.1 Å². The highest BCUT2D eigenvalue weighted by Crippen LogP contribution is 2.25. The summed E-state index contributed by atoms with van der Waals surface area (Å²) in [7, 11) is 0. The Morgan fingerprint density at radius 2 is 2.18 bits per heavy atom. The molecule has 0 saturated heterocycles. The van der Waals surface area contributed by atoms with Gasteiger partial charge in [-0.15, -0.1) is 0 Å². The molecule has 1 aliphatic rings. The fraction of sp³-hybridized carbons (Fsp3) is 0.308. The van der Waals surface area contributed by atoms with Gasteiger partial charge in [-0.05, 0) is 18.9 Å². The molecule has 0 unspecified atom stereocenters. The Kier molecular flexibility index (Phi) is 2.99. The summed E-state index contributed by atoms with van der Waals surface area (Å²) >= 11 is 3.54. The molecule has 2 aromatic rings. The van der Waals surface area contributed by atoms with Crippen LogP contribution in [0.5, 0.6) is 0 Å². The molecule has 3 rings (SSSR count). The first kappa shape index (κ1) is 11.0. The normalized spacial score (nSPS) is 15.1. The van der Waals surface area contributed by atoms with Crippen LogP contribution >= 0.6 is 15.9 Å². The summed E-state index contributed by atoms with van der Waals surface area (Å²) in [6.07, 6.45) is 4.53. The van der Waals surface area contributed by atoms with Gasteiger partial charge < -0.3 is 10.3 Å². The number of hydrogen-bond acceptors (Lipinski definition) is 2. The van der Waals surface area contributed by atoms with Crippen molar-refractivity contribution in [1.82, 2.24) is 15.3 Å². The van der Waals surface area contributed by atoms with Crippen molar-refractivity contribution in [3.63, 3.8) is 0 Å². The summed E-state index contributed by atoms with van der Waals surface area (Å²) < 4.78 is 1.07. The van der Waals surface area contributed by atoms with Crippen LogP contribution in [0.3, 0.4) is 0 Å². The second-order valence-corrected chi connectivity index (χ2v) is 5.25. The summed E-state index contributed by atoms with van der Waals surface area (Å²) in [5.41, 5.74) is 2.24. The Hall–Kier alpha value is -1.13. The van der Waals surface area contributed by atoms with Crippen molar-refractivity contribution >= 4 is 15.9 Å². The monoisotopic (exact) mass is 291 g/mol. The number of nitrogens with one attached hydrogen (secondary N) is 2. The lowest BCUT2D eigenvalue weighted by Crippen LogP contribution is -2.15. The average molecular weight is 292 g/mol. The maximum absolute atomic E-state index is 4.42. The molecule has 1 aliphatic carbocycles. The average Bonchev–Trinajstić information content (AvgIpc) is 3.06. The Bertz CT molecular complexity index is 517. The Labute approximate surface area is 109 Å². The van der Waals surface area contributed by atoms with E-state index in [1.165, 1.54) is 12.8 Å². The van der Waals surface area contributed by atoms with E-state index in [-0.39, 0.29) is 0 Å². The SMILES string of the molecule is Brc1ccccc1-c1ncc(CNC2CC2)[nH]1. The topological polar surface area (TPSA) is 40.7 Å². The minimum atomic E-state index is 0.727. The van der Waals surface area contributed by atoms with Crippen molar-refractivity contribution in [3.8, 4) is 11.4 Å². The molecular formula is C13H14BrN3. The molecule has 1 aromatic carbocycles. The van der Waals surface area contributed by atoms with Gasteiger partial charge in [0, 0.05) is 34.5 Å². The molecule has 88 valence electrons. The minimum absolute atomic E-state index is 0.727. The lowest BCUT2D eigenvalue weighted by molar-refractivity contribution is 0.677. The number of hydrogen-bond donors (Lipinski definition) is 2. The molecule has 1 heterocycles. The third-order valence-corrected chi connectivity index (χ3v) is 3.61. The summed E-state index contributed by atoms with van der Waals surface area (Å²) in [5, 5.41) is 3.47. The Morgan fingerprint density at radius 3 is 2.94 bits per heavy atom. The van der Waals surface area contributed by atoms with Crippen molar-refractivity contribution < 1.29 is 0 Å². The number of aromatic amines is 1. The number of rotatable bonds is 4.